The van der Waals surface area contributed by atoms with E-state index in [1.165, 1.54) is 23.4 Å². The van der Waals surface area contributed by atoms with Gasteiger partial charge in [0.2, 0.25) is 0 Å². The van der Waals surface area contributed by atoms with Gasteiger partial charge in [0.05, 0.1) is 5.69 Å². The fraction of sp³-hybridized carbons (Fsp3) is 0.667. The first-order valence-electron chi connectivity index (χ1n) is 4.75. The maximum atomic E-state index is 5.53. The summed E-state index contributed by atoms with van der Waals surface area (Å²) in [6, 6.07) is 0.325. The third-order valence-electron chi connectivity index (χ3n) is 2.32. The molecule has 1 aliphatic rings. The van der Waals surface area contributed by atoms with Crippen LogP contribution in [0, 0.1) is 0 Å². The SMILES string of the molecule is CC(CN)Nc1nc2c(s1)CCC2. The molecule has 4 heteroatoms. The Bertz CT molecular complexity index is 274. The highest BCUT2D eigenvalue weighted by Gasteiger charge is 2.16. The van der Waals surface area contributed by atoms with E-state index in [1.807, 2.05) is 0 Å². The van der Waals surface area contributed by atoms with Gasteiger partial charge >= 0.3 is 0 Å². The van der Waals surface area contributed by atoms with Gasteiger partial charge in [-0.1, -0.05) is 0 Å². The normalized spacial score (nSPS) is 17.1. The van der Waals surface area contributed by atoms with Gasteiger partial charge in [0.1, 0.15) is 0 Å². The number of nitrogens with zero attached hydrogens (tertiary/aromatic N) is 1. The number of fused-ring (bicyclic) bond motifs is 1. The third-order valence-corrected chi connectivity index (χ3v) is 3.41. The lowest BCUT2D eigenvalue weighted by Gasteiger charge is -2.08. The smallest absolute Gasteiger partial charge is 0.183 e. The van der Waals surface area contributed by atoms with Crippen LogP contribution in [0.3, 0.4) is 0 Å². The standard InChI is InChI=1S/C9H15N3S/c1-6(5-10)11-9-12-7-3-2-4-8(7)13-9/h6H,2-5,10H2,1H3,(H,11,12). The maximum absolute atomic E-state index is 5.53. The molecule has 0 aliphatic heterocycles. The molecule has 0 bridgehead atoms. The van der Waals surface area contributed by atoms with E-state index in [4.69, 9.17) is 5.73 Å². The van der Waals surface area contributed by atoms with Gasteiger partial charge < -0.3 is 11.1 Å². The van der Waals surface area contributed by atoms with Crippen LogP contribution in [-0.4, -0.2) is 17.6 Å². The highest BCUT2D eigenvalue weighted by molar-refractivity contribution is 7.15. The van der Waals surface area contributed by atoms with Crippen molar-refractivity contribution in [1.29, 1.82) is 0 Å². The minimum absolute atomic E-state index is 0.325. The van der Waals surface area contributed by atoms with Crippen molar-refractivity contribution in [2.75, 3.05) is 11.9 Å². The molecule has 0 fully saturated rings. The quantitative estimate of drug-likeness (QED) is 0.770. The van der Waals surface area contributed by atoms with Crippen LogP contribution in [0.25, 0.3) is 0 Å². The summed E-state index contributed by atoms with van der Waals surface area (Å²) in [6.45, 7) is 2.73. The largest absolute Gasteiger partial charge is 0.358 e. The Hall–Kier alpha value is -0.610. The van der Waals surface area contributed by atoms with Crippen LogP contribution in [0.2, 0.25) is 0 Å². The molecule has 1 unspecified atom stereocenters. The number of thiazole rings is 1. The molecule has 1 heterocycles. The number of aromatic nitrogens is 1. The third kappa shape index (κ3) is 1.84. The van der Waals surface area contributed by atoms with E-state index < -0.39 is 0 Å². The lowest BCUT2D eigenvalue weighted by atomic mass is 10.3. The van der Waals surface area contributed by atoms with Crippen molar-refractivity contribution in [1.82, 2.24) is 4.98 Å². The minimum Gasteiger partial charge on any atom is -0.358 e. The van der Waals surface area contributed by atoms with E-state index in [-0.39, 0.29) is 0 Å². The molecule has 0 saturated heterocycles. The van der Waals surface area contributed by atoms with Crippen LogP contribution < -0.4 is 11.1 Å². The molecular weight excluding hydrogens is 182 g/mol. The van der Waals surface area contributed by atoms with Gasteiger partial charge in [-0.15, -0.1) is 11.3 Å². The molecule has 1 atom stereocenters. The maximum Gasteiger partial charge on any atom is 0.183 e. The molecule has 0 radical (unpaired) electrons. The molecule has 3 N–H and O–H groups in total. The van der Waals surface area contributed by atoms with E-state index >= 15 is 0 Å². The zero-order valence-corrected chi connectivity index (χ0v) is 8.66. The van der Waals surface area contributed by atoms with Gasteiger partial charge in [-0.2, -0.15) is 0 Å². The lowest BCUT2D eigenvalue weighted by Crippen LogP contribution is -2.25. The highest BCUT2D eigenvalue weighted by atomic mass is 32.1. The first-order valence-corrected chi connectivity index (χ1v) is 5.56. The van der Waals surface area contributed by atoms with E-state index in [9.17, 15) is 0 Å². The average molecular weight is 197 g/mol. The summed E-state index contributed by atoms with van der Waals surface area (Å²) >= 11 is 1.79. The first-order chi connectivity index (χ1) is 6.29. The molecule has 0 aromatic carbocycles. The summed E-state index contributed by atoms with van der Waals surface area (Å²) in [4.78, 5) is 6.00. The topological polar surface area (TPSA) is 50.9 Å². The summed E-state index contributed by atoms with van der Waals surface area (Å²) < 4.78 is 0. The van der Waals surface area contributed by atoms with Crippen molar-refractivity contribution in [2.24, 2.45) is 5.73 Å². The molecule has 0 amide bonds. The Morgan fingerprint density at radius 3 is 3.15 bits per heavy atom. The van der Waals surface area contributed by atoms with Crippen molar-refractivity contribution in [3.05, 3.63) is 10.6 Å². The van der Waals surface area contributed by atoms with Crippen molar-refractivity contribution < 1.29 is 0 Å². The van der Waals surface area contributed by atoms with Gasteiger partial charge in [0, 0.05) is 17.5 Å². The van der Waals surface area contributed by atoms with Crippen molar-refractivity contribution >= 4 is 16.5 Å². The van der Waals surface area contributed by atoms with Crippen LogP contribution in [0.15, 0.2) is 0 Å². The molecule has 3 nitrogen and oxygen atoms in total. The number of hydrogen-bond acceptors (Lipinski definition) is 4. The highest BCUT2D eigenvalue weighted by Crippen LogP contribution is 2.30. The minimum atomic E-state index is 0.325. The van der Waals surface area contributed by atoms with Crippen LogP contribution in [0.5, 0.6) is 0 Å². The van der Waals surface area contributed by atoms with E-state index in [2.05, 4.69) is 17.2 Å². The number of rotatable bonds is 3. The number of nitrogens with two attached hydrogens (primary N) is 1. The Labute approximate surface area is 82.4 Å². The Balaban J connectivity index is 2.06. The second-order valence-corrected chi connectivity index (χ2v) is 4.61. The van der Waals surface area contributed by atoms with Gasteiger partial charge in [0.25, 0.3) is 0 Å². The fourth-order valence-electron chi connectivity index (χ4n) is 1.52. The molecule has 2 rings (SSSR count). The van der Waals surface area contributed by atoms with Crippen molar-refractivity contribution in [3.63, 3.8) is 0 Å². The Kier molecular flexibility index (Phi) is 2.51. The van der Waals surface area contributed by atoms with E-state index in [1.54, 1.807) is 11.3 Å². The van der Waals surface area contributed by atoms with Gasteiger partial charge in [-0.25, -0.2) is 4.98 Å². The fourth-order valence-corrected chi connectivity index (χ4v) is 2.68. The molecular formula is C9H15N3S. The van der Waals surface area contributed by atoms with E-state index in [0.29, 0.717) is 12.6 Å². The number of aryl methyl sites for hydroxylation is 2. The number of anilines is 1. The molecule has 1 aliphatic carbocycles. The van der Waals surface area contributed by atoms with Crippen molar-refractivity contribution in [3.8, 4) is 0 Å². The summed E-state index contributed by atoms with van der Waals surface area (Å²) in [5.74, 6) is 0. The Morgan fingerprint density at radius 1 is 1.62 bits per heavy atom. The second-order valence-electron chi connectivity index (χ2n) is 3.52. The predicted octanol–water partition coefficient (Wildman–Crippen LogP) is 1.39. The monoisotopic (exact) mass is 197 g/mol. The zero-order chi connectivity index (χ0) is 9.26. The molecule has 0 saturated carbocycles. The van der Waals surface area contributed by atoms with Crippen LogP contribution in [-0.2, 0) is 12.8 Å². The van der Waals surface area contributed by atoms with Crippen LogP contribution in [0.1, 0.15) is 23.9 Å². The van der Waals surface area contributed by atoms with Gasteiger partial charge in [0.15, 0.2) is 5.13 Å². The molecule has 72 valence electrons. The average Bonchev–Trinajstić information content (AvgIpc) is 2.63. The Morgan fingerprint density at radius 2 is 2.46 bits per heavy atom. The first kappa shape index (κ1) is 8.97. The zero-order valence-electron chi connectivity index (χ0n) is 7.84. The number of nitrogens with one attached hydrogen (secondary N) is 1. The molecule has 0 spiro atoms. The van der Waals surface area contributed by atoms with Gasteiger partial charge in [-0.3, -0.25) is 0 Å². The lowest BCUT2D eigenvalue weighted by molar-refractivity contribution is 0.800. The van der Waals surface area contributed by atoms with Crippen molar-refractivity contribution in [2.45, 2.75) is 32.2 Å². The summed E-state index contributed by atoms with van der Waals surface area (Å²) in [6.07, 6.45) is 3.65. The summed E-state index contributed by atoms with van der Waals surface area (Å²) in [5.41, 5.74) is 6.83. The molecule has 1 aromatic rings. The molecule has 1 aromatic heterocycles. The van der Waals surface area contributed by atoms with Crippen LogP contribution >= 0.6 is 11.3 Å². The molecule has 13 heavy (non-hydrogen) atoms. The van der Waals surface area contributed by atoms with Gasteiger partial charge in [-0.05, 0) is 26.2 Å². The van der Waals surface area contributed by atoms with Crippen LogP contribution in [0.4, 0.5) is 5.13 Å². The summed E-state index contributed by atoms with van der Waals surface area (Å²) in [7, 11) is 0. The predicted molar refractivity (Wildman–Crippen MR) is 56.3 cm³/mol. The summed E-state index contributed by atoms with van der Waals surface area (Å²) in [5, 5.41) is 4.35. The number of hydrogen-bond donors (Lipinski definition) is 2. The second kappa shape index (κ2) is 3.64. The van der Waals surface area contributed by atoms with E-state index in [0.717, 1.165) is 11.6 Å².